The highest BCUT2D eigenvalue weighted by atomic mass is 16.3. The number of rotatable bonds is 6. The molecule has 0 spiro atoms. The number of aliphatic hydroxyl groups excluding tert-OH is 1. The van der Waals surface area contributed by atoms with Gasteiger partial charge in [-0.05, 0) is 41.0 Å². The molecule has 2 N–H and O–H groups in total. The Kier molecular flexibility index (Phi) is 4.14. The quantitative estimate of drug-likeness (QED) is 0.841. The van der Waals surface area contributed by atoms with Crippen LogP contribution in [-0.4, -0.2) is 5.11 Å². The minimum atomic E-state index is 0.108. The highest BCUT2D eigenvalue weighted by molar-refractivity contribution is 5.29. The summed E-state index contributed by atoms with van der Waals surface area (Å²) in [4.78, 5) is 0. The van der Waals surface area contributed by atoms with E-state index in [1.54, 1.807) is 0 Å². The van der Waals surface area contributed by atoms with E-state index < -0.39 is 0 Å². The SMILES string of the molecule is OCc1cccc(CNCc2cccc(C3CC3)c2)c1. The fourth-order valence-corrected chi connectivity index (χ4v) is 2.56. The summed E-state index contributed by atoms with van der Waals surface area (Å²) >= 11 is 0. The van der Waals surface area contributed by atoms with Gasteiger partial charge in [0.1, 0.15) is 0 Å². The molecular formula is C18H21NO. The summed E-state index contributed by atoms with van der Waals surface area (Å²) in [6.07, 6.45) is 2.70. The molecule has 1 aliphatic rings. The van der Waals surface area contributed by atoms with Gasteiger partial charge in [-0.25, -0.2) is 0 Å². The van der Waals surface area contributed by atoms with Gasteiger partial charge in [0, 0.05) is 13.1 Å². The van der Waals surface area contributed by atoms with Crippen molar-refractivity contribution >= 4 is 0 Å². The lowest BCUT2D eigenvalue weighted by molar-refractivity contribution is 0.281. The molecule has 1 saturated carbocycles. The third kappa shape index (κ3) is 3.47. The van der Waals surface area contributed by atoms with E-state index >= 15 is 0 Å². The Morgan fingerprint density at radius 2 is 1.55 bits per heavy atom. The van der Waals surface area contributed by atoms with Gasteiger partial charge in [-0.3, -0.25) is 0 Å². The summed E-state index contributed by atoms with van der Waals surface area (Å²) in [5, 5.41) is 12.6. The van der Waals surface area contributed by atoms with E-state index in [1.807, 2.05) is 18.2 Å². The highest BCUT2D eigenvalue weighted by Crippen LogP contribution is 2.40. The third-order valence-electron chi connectivity index (χ3n) is 3.83. The van der Waals surface area contributed by atoms with Gasteiger partial charge in [0.05, 0.1) is 6.61 Å². The van der Waals surface area contributed by atoms with Crippen molar-refractivity contribution in [2.45, 2.75) is 38.5 Å². The molecule has 0 radical (unpaired) electrons. The number of aliphatic hydroxyl groups is 1. The van der Waals surface area contributed by atoms with E-state index in [4.69, 9.17) is 5.11 Å². The van der Waals surface area contributed by atoms with Crippen LogP contribution in [0.25, 0.3) is 0 Å². The van der Waals surface area contributed by atoms with Crippen LogP contribution in [0.15, 0.2) is 48.5 Å². The van der Waals surface area contributed by atoms with Crippen molar-refractivity contribution in [2.24, 2.45) is 0 Å². The van der Waals surface area contributed by atoms with E-state index in [2.05, 4.69) is 35.6 Å². The standard InChI is InChI=1S/C18H21NO/c20-13-16-5-1-3-14(9-16)11-19-12-15-4-2-6-18(10-15)17-7-8-17/h1-6,9-10,17,19-20H,7-8,11-13H2. The minimum absolute atomic E-state index is 0.108. The molecule has 0 atom stereocenters. The Morgan fingerprint density at radius 1 is 0.900 bits per heavy atom. The summed E-state index contributed by atoms with van der Waals surface area (Å²) in [7, 11) is 0. The Labute approximate surface area is 120 Å². The van der Waals surface area contributed by atoms with Crippen LogP contribution in [0.3, 0.4) is 0 Å². The average molecular weight is 267 g/mol. The molecule has 0 heterocycles. The predicted octanol–water partition coefficient (Wildman–Crippen LogP) is 3.35. The van der Waals surface area contributed by atoms with Gasteiger partial charge in [-0.15, -0.1) is 0 Å². The first-order valence-corrected chi connectivity index (χ1v) is 7.33. The zero-order valence-electron chi connectivity index (χ0n) is 11.7. The fourth-order valence-electron chi connectivity index (χ4n) is 2.56. The summed E-state index contributed by atoms with van der Waals surface area (Å²) in [5.41, 5.74) is 5.04. The summed E-state index contributed by atoms with van der Waals surface area (Å²) in [6, 6.07) is 17.0. The number of hydrogen-bond donors (Lipinski definition) is 2. The van der Waals surface area contributed by atoms with Crippen molar-refractivity contribution in [1.82, 2.24) is 5.32 Å². The maximum absolute atomic E-state index is 9.13. The molecule has 0 unspecified atom stereocenters. The van der Waals surface area contributed by atoms with Gasteiger partial charge in [-0.2, -0.15) is 0 Å². The van der Waals surface area contributed by atoms with Crippen LogP contribution in [0.2, 0.25) is 0 Å². The molecule has 2 nitrogen and oxygen atoms in total. The molecule has 2 aromatic carbocycles. The van der Waals surface area contributed by atoms with E-state index in [9.17, 15) is 0 Å². The molecule has 0 aliphatic heterocycles. The number of nitrogens with one attached hydrogen (secondary N) is 1. The van der Waals surface area contributed by atoms with Gasteiger partial charge < -0.3 is 10.4 Å². The Morgan fingerprint density at radius 3 is 2.25 bits per heavy atom. The van der Waals surface area contributed by atoms with E-state index in [0.29, 0.717) is 0 Å². The van der Waals surface area contributed by atoms with Gasteiger partial charge in [0.15, 0.2) is 0 Å². The van der Waals surface area contributed by atoms with E-state index in [1.165, 1.54) is 29.5 Å². The molecule has 0 bridgehead atoms. The lowest BCUT2D eigenvalue weighted by Gasteiger charge is -2.08. The van der Waals surface area contributed by atoms with Crippen LogP contribution in [0, 0.1) is 0 Å². The maximum atomic E-state index is 9.13. The molecule has 1 fully saturated rings. The molecule has 104 valence electrons. The fraction of sp³-hybridized carbons (Fsp3) is 0.333. The molecule has 3 rings (SSSR count). The molecule has 1 aliphatic carbocycles. The largest absolute Gasteiger partial charge is 0.392 e. The van der Waals surface area contributed by atoms with Crippen LogP contribution in [0.4, 0.5) is 0 Å². The Hall–Kier alpha value is -1.64. The third-order valence-corrected chi connectivity index (χ3v) is 3.83. The lowest BCUT2D eigenvalue weighted by Crippen LogP contribution is -2.12. The van der Waals surface area contributed by atoms with Gasteiger partial charge in [-0.1, -0.05) is 48.5 Å². The lowest BCUT2D eigenvalue weighted by atomic mass is 10.1. The molecule has 0 amide bonds. The summed E-state index contributed by atoms with van der Waals surface area (Å²) in [5.74, 6) is 0.816. The Balaban J connectivity index is 1.55. The summed E-state index contributed by atoms with van der Waals surface area (Å²) < 4.78 is 0. The second kappa shape index (κ2) is 6.21. The second-order valence-corrected chi connectivity index (χ2v) is 5.60. The molecule has 2 heteroatoms. The summed E-state index contributed by atoms with van der Waals surface area (Å²) in [6.45, 7) is 1.84. The normalized spacial score (nSPS) is 14.4. The van der Waals surface area contributed by atoms with Crippen LogP contribution < -0.4 is 5.32 Å². The number of benzene rings is 2. The van der Waals surface area contributed by atoms with Crippen molar-refractivity contribution in [2.75, 3.05) is 0 Å². The molecule has 20 heavy (non-hydrogen) atoms. The number of hydrogen-bond acceptors (Lipinski definition) is 2. The molecular weight excluding hydrogens is 246 g/mol. The van der Waals surface area contributed by atoms with Crippen LogP contribution >= 0.6 is 0 Å². The van der Waals surface area contributed by atoms with Gasteiger partial charge >= 0.3 is 0 Å². The van der Waals surface area contributed by atoms with Crippen molar-refractivity contribution in [3.8, 4) is 0 Å². The van der Waals surface area contributed by atoms with Crippen molar-refractivity contribution in [3.05, 3.63) is 70.8 Å². The predicted molar refractivity (Wildman–Crippen MR) is 81.3 cm³/mol. The second-order valence-electron chi connectivity index (χ2n) is 5.60. The van der Waals surface area contributed by atoms with Crippen molar-refractivity contribution < 1.29 is 5.11 Å². The van der Waals surface area contributed by atoms with Gasteiger partial charge in [0.25, 0.3) is 0 Å². The van der Waals surface area contributed by atoms with Crippen molar-refractivity contribution in [3.63, 3.8) is 0 Å². The highest BCUT2D eigenvalue weighted by Gasteiger charge is 2.23. The van der Waals surface area contributed by atoms with Crippen LogP contribution in [-0.2, 0) is 19.7 Å². The average Bonchev–Trinajstić information content (AvgIpc) is 3.33. The topological polar surface area (TPSA) is 32.3 Å². The van der Waals surface area contributed by atoms with Crippen LogP contribution in [0.1, 0.15) is 41.0 Å². The zero-order valence-corrected chi connectivity index (χ0v) is 11.7. The van der Waals surface area contributed by atoms with Crippen LogP contribution in [0.5, 0.6) is 0 Å². The first kappa shape index (κ1) is 13.3. The minimum Gasteiger partial charge on any atom is -0.392 e. The first-order valence-electron chi connectivity index (χ1n) is 7.33. The molecule has 0 aromatic heterocycles. The maximum Gasteiger partial charge on any atom is 0.0681 e. The smallest absolute Gasteiger partial charge is 0.0681 e. The zero-order chi connectivity index (χ0) is 13.8. The van der Waals surface area contributed by atoms with Gasteiger partial charge in [0.2, 0.25) is 0 Å². The first-order chi connectivity index (χ1) is 9.85. The van der Waals surface area contributed by atoms with E-state index in [-0.39, 0.29) is 6.61 Å². The molecule has 0 saturated heterocycles. The Bertz CT molecular complexity index is 575. The van der Waals surface area contributed by atoms with Crippen molar-refractivity contribution in [1.29, 1.82) is 0 Å². The monoisotopic (exact) mass is 267 g/mol. The van der Waals surface area contributed by atoms with E-state index in [0.717, 1.165) is 24.6 Å². The molecule has 2 aromatic rings.